The van der Waals surface area contributed by atoms with Gasteiger partial charge >= 0.3 is 6.18 Å². The Kier molecular flexibility index (Phi) is 4.39. The Morgan fingerprint density at radius 3 is 2.62 bits per heavy atom. The zero-order valence-corrected chi connectivity index (χ0v) is 11.8. The fraction of sp³-hybridized carbons (Fsp3) is 0.500. The number of halogens is 4. The van der Waals surface area contributed by atoms with E-state index < -0.39 is 18.6 Å². The molecule has 1 aromatic carbocycles. The number of aliphatic imine (C=N–C) groups is 1. The van der Waals surface area contributed by atoms with Crippen LogP contribution >= 0.6 is 0 Å². The number of anilines is 1. The molecule has 0 aromatic heterocycles. The van der Waals surface area contributed by atoms with Crippen LogP contribution in [0.2, 0.25) is 0 Å². The SMILES string of the molecule is CN=C1CCN(c2c(C)cc(F)cc2OCC(F)(F)F)C1. The highest BCUT2D eigenvalue weighted by Crippen LogP contribution is 2.35. The summed E-state index contributed by atoms with van der Waals surface area (Å²) in [5.41, 5.74) is 2.00. The van der Waals surface area contributed by atoms with Crippen molar-refractivity contribution in [3.63, 3.8) is 0 Å². The van der Waals surface area contributed by atoms with Crippen LogP contribution in [0.4, 0.5) is 23.2 Å². The third-order valence-corrected chi connectivity index (χ3v) is 3.30. The molecule has 0 unspecified atom stereocenters. The average Bonchev–Trinajstić information content (AvgIpc) is 2.83. The molecule has 116 valence electrons. The summed E-state index contributed by atoms with van der Waals surface area (Å²) in [6, 6.07) is 2.28. The van der Waals surface area contributed by atoms with Crippen molar-refractivity contribution in [3.05, 3.63) is 23.5 Å². The van der Waals surface area contributed by atoms with Gasteiger partial charge in [-0.3, -0.25) is 4.99 Å². The minimum Gasteiger partial charge on any atom is -0.482 e. The van der Waals surface area contributed by atoms with E-state index in [9.17, 15) is 17.6 Å². The zero-order chi connectivity index (χ0) is 15.6. The number of rotatable bonds is 3. The summed E-state index contributed by atoms with van der Waals surface area (Å²) in [5, 5.41) is 0. The van der Waals surface area contributed by atoms with E-state index in [4.69, 9.17) is 4.74 Å². The first-order valence-electron chi connectivity index (χ1n) is 6.49. The number of nitrogens with zero attached hydrogens (tertiary/aromatic N) is 2. The minimum absolute atomic E-state index is 0.0813. The Morgan fingerprint density at radius 1 is 1.33 bits per heavy atom. The first kappa shape index (κ1) is 15.6. The Morgan fingerprint density at radius 2 is 2.05 bits per heavy atom. The van der Waals surface area contributed by atoms with Gasteiger partial charge in [0.25, 0.3) is 0 Å². The molecule has 0 radical (unpaired) electrons. The predicted molar refractivity (Wildman–Crippen MR) is 72.9 cm³/mol. The molecule has 0 N–H and O–H groups in total. The van der Waals surface area contributed by atoms with Gasteiger partial charge in [-0.1, -0.05) is 0 Å². The Hall–Kier alpha value is -1.79. The lowest BCUT2D eigenvalue weighted by Crippen LogP contribution is -2.24. The van der Waals surface area contributed by atoms with Crippen molar-refractivity contribution in [2.45, 2.75) is 19.5 Å². The molecule has 1 fully saturated rings. The Balaban J connectivity index is 2.30. The first-order chi connectivity index (χ1) is 9.80. The molecule has 1 heterocycles. The van der Waals surface area contributed by atoms with E-state index >= 15 is 0 Å². The number of aryl methyl sites for hydroxylation is 1. The minimum atomic E-state index is -4.46. The fourth-order valence-corrected chi connectivity index (χ4v) is 2.40. The summed E-state index contributed by atoms with van der Waals surface area (Å²) >= 11 is 0. The summed E-state index contributed by atoms with van der Waals surface area (Å²) < 4.78 is 55.2. The average molecular weight is 304 g/mol. The highest BCUT2D eigenvalue weighted by atomic mass is 19.4. The monoisotopic (exact) mass is 304 g/mol. The van der Waals surface area contributed by atoms with Crippen LogP contribution in [-0.2, 0) is 0 Å². The highest BCUT2D eigenvalue weighted by Gasteiger charge is 2.30. The van der Waals surface area contributed by atoms with E-state index in [2.05, 4.69) is 4.99 Å². The van der Waals surface area contributed by atoms with Gasteiger partial charge in [-0.15, -0.1) is 0 Å². The second-order valence-corrected chi connectivity index (χ2v) is 4.93. The second kappa shape index (κ2) is 5.91. The van der Waals surface area contributed by atoms with E-state index in [1.54, 1.807) is 14.0 Å². The van der Waals surface area contributed by atoms with Crippen molar-refractivity contribution in [1.29, 1.82) is 0 Å². The highest BCUT2D eigenvalue weighted by molar-refractivity contribution is 5.92. The van der Waals surface area contributed by atoms with Crippen LogP contribution in [0, 0.1) is 12.7 Å². The van der Waals surface area contributed by atoms with Crippen LogP contribution in [0.15, 0.2) is 17.1 Å². The first-order valence-corrected chi connectivity index (χ1v) is 6.49. The van der Waals surface area contributed by atoms with Crippen molar-refractivity contribution >= 4 is 11.4 Å². The maximum absolute atomic E-state index is 13.5. The Bertz CT molecular complexity index is 555. The summed E-state index contributed by atoms with van der Waals surface area (Å²) in [5.74, 6) is -0.695. The molecule has 2 rings (SSSR count). The van der Waals surface area contributed by atoms with E-state index in [1.807, 2.05) is 4.90 Å². The summed E-state index contributed by atoms with van der Waals surface area (Å²) in [4.78, 5) is 5.97. The van der Waals surface area contributed by atoms with Gasteiger partial charge < -0.3 is 9.64 Å². The molecule has 1 aromatic rings. The van der Waals surface area contributed by atoms with Crippen LogP contribution in [0.5, 0.6) is 5.75 Å². The topological polar surface area (TPSA) is 24.8 Å². The van der Waals surface area contributed by atoms with Crippen LogP contribution in [0.25, 0.3) is 0 Å². The van der Waals surface area contributed by atoms with Crippen LogP contribution < -0.4 is 9.64 Å². The van der Waals surface area contributed by atoms with Crippen molar-refractivity contribution in [2.24, 2.45) is 4.99 Å². The molecular formula is C14H16F4N2O. The number of benzene rings is 1. The molecule has 0 bridgehead atoms. The molecule has 0 spiro atoms. The molecule has 1 saturated heterocycles. The summed E-state index contributed by atoms with van der Waals surface area (Å²) in [6.45, 7) is 1.36. The zero-order valence-electron chi connectivity index (χ0n) is 11.8. The van der Waals surface area contributed by atoms with Crippen molar-refractivity contribution in [1.82, 2.24) is 0 Å². The summed E-state index contributed by atoms with van der Waals surface area (Å²) in [6.07, 6.45) is -3.72. The lowest BCUT2D eigenvalue weighted by Gasteiger charge is -2.23. The van der Waals surface area contributed by atoms with Gasteiger partial charge in [-0.05, 0) is 18.6 Å². The van der Waals surface area contributed by atoms with Gasteiger partial charge in [0.2, 0.25) is 0 Å². The predicted octanol–water partition coefficient (Wildman–Crippen LogP) is 3.36. The van der Waals surface area contributed by atoms with Gasteiger partial charge in [0.05, 0.1) is 12.2 Å². The van der Waals surface area contributed by atoms with Crippen molar-refractivity contribution < 1.29 is 22.3 Å². The molecule has 1 aliphatic rings. The Labute approximate surface area is 120 Å². The number of hydrogen-bond donors (Lipinski definition) is 0. The van der Waals surface area contributed by atoms with E-state index in [-0.39, 0.29) is 5.75 Å². The van der Waals surface area contributed by atoms with Gasteiger partial charge in [-0.2, -0.15) is 13.2 Å². The number of hydrogen-bond acceptors (Lipinski definition) is 3. The summed E-state index contributed by atoms with van der Waals surface area (Å²) in [7, 11) is 1.68. The third-order valence-electron chi connectivity index (χ3n) is 3.30. The molecule has 21 heavy (non-hydrogen) atoms. The van der Waals surface area contributed by atoms with Crippen molar-refractivity contribution in [2.75, 3.05) is 31.6 Å². The van der Waals surface area contributed by atoms with Gasteiger partial charge in [0.15, 0.2) is 6.61 Å². The van der Waals surface area contributed by atoms with Crippen LogP contribution in [0.3, 0.4) is 0 Å². The normalized spacial score (nSPS) is 17.6. The fourth-order valence-electron chi connectivity index (χ4n) is 2.40. The molecule has 0 atom stereocenters. The molecule has 0 amide bonds. The van der Waals surface area contributed by atoms with Crippen molar-refractivity contribution in [3.8, 4) is 5.75 Å². The van der Waals surface area contributed by atoms with E-state index in [0.29, 0.717) is 24.3 Å². The molecular weight excluding hydrogens is 288 g/mol. The number of alkyl halides is 3. The van der Waals surface area contributed by atoms with E-state index in [1.165, 1.54) is 6.07 Å². The smallest absolute Gasteiger partial charge is 0.422 e. The molecule has 0 saturated carbocycles. The third kappa shape index (κ3) is 3.86. The molecule has 3 nitrogen and oxygen atoms in total. The van der Waals surface area contributed by atoms with Gasteiger partial charge in [0.1, 0.15) is 11.6 Å². The molecule has 7 heteroatoms. The quantitative estimate of drug-likeness (QED) is 0.800. The maximum Gasteiger partial charge on any atom is 0.422 e. The van der Waals surface area contributed by atoms with Gasteiger partial charge in [-0.25, -0.2) is 4.39 Å². The van der Waals surface area contributed by atoms with Crippen LogP contribution in [-0.4, -0.2) is 38.6 Å². The van der Waals surface area contributed by atoms with Gasteiger partial charge in [0, 0.05) is 31.8 Å². The largest absolute Gasteiger partial charge is 0.482 e. The van der Waals surface area contributed by atoms with Crippen LogP contribution in [0.1, 0.15) is 12.0 Å². The number of ether oxygens (including phenoxy) is 1. The lowest BCUT2D eigenvalue weighted by atomic mass is 10.1. The molecule has 1 aliphatic heterocycles. The molecule has 0 aliphatic carbocycles. The lowest BCUT2D eigenvalue weighted by molar-refractivity contribution is -0.153. The standard InChI is InChI=1S/C14H16F4N2O/c1-9-5-10(15)6-12(21-8-14(16,17)18)13(9)20-4-3-11(7-20)19-2/h5-6H,3-4,7-8H2,1-2H3. The van der Waals surface area contributed by atoms with E-state index in [0.717, 1.165) is 18.2 Å². The maximum atomic E-state index is 13.5. The second-order valence-electron chi connectivity index (χ2n) is 4.93.